The number of carbonyl (C=O) groups is 5. The fourth-order valence-electron chi connectivity index (χ4n) is 11.3. The van der Waals surface area contributed by atoms with Crippen LogP contribution in [0.5, 0.6) is 0 Å². The topological polar surface area (TPSA) is 286 Å². The second kappa shape index (κ2) is 28.4. The molecule has 1 amide bonds. The third-order valence-corrected chi connectivity index (χ3v) is 16.3. The quantitative estimate of drug-likeness (QED) is 0.104. The lowest BCUT2D eigenvalue weighted by Crippen LogP contribution is -2.61. The standard InChI is InChI=1S/C56H87NO18/c1-30-15-11-10-12-16-31(2)42(72-29-45-48(62)49(63)50(64)55(68)74-45)27-38-20-18-36(7)56(69,75-38)52(65)53(66)57-22-14-13-17-39(57)54(67)73-43(33(4)25-37-19-21-40(58)44(26-37)70-8)28-41(59)32(3)24-35(6)47(61)51(71-9)46(60)34(5)23-30/h10-12,15-16,24,30,32-34,36-40,42-45,47-51,55,58,61-64,68-69H,13-14,17-23,25-29H2,1-9H3/b12-10+,15-11+,31-16+,35-24+/t30-,32-,33-,34-,36-,37+,38+,39+,40-,42+,43+,44-,45-,47-,48-,49+,50-,51+,55-,56-/m1/s1. The Balaban J connectivity index is 1.49. The monoisotopic (exact) mass is 1060 g/mol. The molecule has 0 spiro atoms. The zero-order chi connectivity index (χ0) is 55.5. The van der Waals surface area contributed by atoms with Gasteiger partial charge in [-0.05, 0) is 107 Å². The Morgan fingerprint density at radius 2 is 1.53 bits per heavy atom. The van der Waals surface area contributed by atoms with Gasteiger partial charge < -0.3 is 69.1 Å². The van der Waals surface area contributed by atoms with Crippen molar-refractivity contribution in [1.82, 2.24) is 4.90 Å². The average molecular weight is 1060 g/mol. The number of aliphatic hydroxyl groups is 7. The van der Waals surface area contributed by atoms with E-state index in [1.165, 1.54) is 7.11 Å². The van der Waals surface area contributed by atoms with Crippen LogP contribution in [0.4, 0.5) is 0 Å². The van der Waals surface area contributed by atoms with Gasteiger partial charge in [0.2, 0.25) is 5.79 Å². The summed E-state index contributed by atoms with van der Waals surface area (Å²) in [6, 6.07) is -1.23. The summed E-state index contributed by atoms with van der Waals surface area (Å²) in [7, 11) is 2.89. The van der Waals surface area contributed by atoms with Crippen molar-refractivity contribution in [2.24, 2.45) is 35.5 Å². The number of methoxy groups -OCH3 is 2. The summed E-state index contributed by atoms with van der Waals surface area (Å²) in [6.45, 7) is 11.9. The van der Waals surface area contributed by atoms with E-state index in [2.05, 4.69) is 0 Å². The summed E-state index contributed by atoms with van der Waals surface area (Å²) in [5.41, 5.74) is 0.968. The molecule has 2 bridgehead atoms. The van der Waals surface area contributed by atoms with E-state index in [-0.39, 0.29) is 68.3 Å². The lowest BCUT2D eigenvalue weighted by molar-refractivity contribution is -0.291. The zero-order valence-corrected chi connectivity index (χ0v) is 45.4. The highest BCUT2D eigenvalue weighted by atomic mass is 16.7. The van der Waals surface area contributed by atoms with Gasteiger partial charge in [-0.3, -0.25) is 19.2 Å². The van der Waals surface area contributed by atoms with Crippen LogP contribution in [-0.2, 0) is 52.4 Å². The molecule has 7 N–H and O–H groups in total. The molecule has 0 unspecified atom stereocenters. The molecule has 19 heteroatoms. The minimum atomic E-state index is -2.61. The number of rotatable bonds is 8. The first-order valence-electron chi connectivity index (χ1n) is 27.1. The second-order valence-electron chi connectivity index (χ2n) is 22.2. The predicted octanol–water partition coefficient (Wildman–Crippen LogP) is 3.35. The predicted molar refractivity (Wildman–Crippen MR) is 273 cm³/mol. The Hall–Kier alpha value is -3.57. The third kappa shape index (κ3) is 16.0. The number of ketones is 3. The van der Waals surface area contributed by atoms with Crippen LogP contribution in [0, 0.1) is 35.5 Å². The lowest BCUT2D eigenvalue weighted by atomic mass is 9.78. The van der Waals surface area contributed by atoms with Gasteiger partial charge in [-0.15, -0.1) is 0 Å². The van der Waals surface area contributed by atoms with Gasteiger partial charge in [0.15, 0.2) is 12.1 Å². The van der Waals surface area contributed by atoms with E-state index in [1.807, 2.05) is 26.0 Å². The Labute approximate surface area is 442 Å². The van der Waals surface area contributed by atoms with Crippen molar-refractivity contribution in [2.45, 2.75) is 211 Å². The Morgan fingerprint density at radius 3 is 2.23 bits per heavy atom. The van der Waals surface area contributed by atoms with Crippen molar-refractivity contribution < 1.29 is 88.1 Å². The van der Waals surface area contributed by atoms with E-state index in [0.29, 0.717) is 62.5 Å². The number of allylic oxidation sites excluding steroid dienone is 6. The van der Waals surface area contributed by atoms with Crippen LogP contribution >= 0.6 is 0 Å². The summed E-state index contributed by atoms with van der Waals surface area (Å²) in [6.07, 6.45) is 0.356. The van der Waals surface area contributed by atoms with Gasteiger partial charge in [-0.25, -0.2) is 4.79 Å². The molecule has 5 rings (SSSR count). The maximum absolute atomic E-state index is 14.5. The molecule has 75 heavy (non-hydrogen) atoms. The van der Waals surface area contributed by atoms with E-state index in [1.54, 1.807) is 66.0 Å². The van der Waals surface area contributed by atoms with Gasteiger partial charge in [-0.2, -0.15) is 0 Å². The lowest BCUT2D eigenvalue weighted by Gasteiger charge is -2.43. The molecule has 0 radical (unpaired) electrons. The number of hydrogen-bond donors (Lipinski definition) is 7. The van der Waals surface area contributed by atoms with Crippen molar-refractivity contribution in [3.8, 4) is 0 Å². The first-order chi connectivity index (χ1) is 35.4. The number of carbonyl (C=O) groups excluding carboxylic acids is 5. The van der Waals surface area contributed by atoms with Crippen LogP contribution in [0.3, 0.4) is 0 Å². The number of fused-ring (bicyclic) bond motifs is 3. The van der Waals surface area contributed by atoms with Gasteiger partial charge in [0, 0.05) is 51.4 Å². The van der Waals surface area contributed by atoms with Gasteiger partial charge in [0.1, 0.15) is 54.6 Å². The molecule has 4 heterocycles. The highest BCUT2D eigenvalue weighted by molar-refractivity contribution is 6.39. The van der Waals surface area contributed by atoms with Gasteiger partial charge in [-0.1, -0.05) is 71.1 Å². The molecule has 1 aliphatic carbocycles. The Kier molecular flexibility index (Phi) is 23.5. The summed E-state index contributed by atoms with van der Waals surface area (Å²) >= 11 is 0. The average Bonchev–Trinajstić information content (AvgIpc) is 3.38. The highest BCUT2D eigenvalue weighted by Crippen LogP contribution is 2.38. The van der Waals surface area contributed by atoms with E-state index in [4.69, 9.17) is 28.4 Å². The largest absolute Gasteiger partial charge is 0.460 e. The van der Waals surface area contributed by atoms with Crippen LogP contribution < -0.4 is 0 Å². The SMILES string of the molecule is CO[C@@H]1C[C@H](C[C@@H](C)[C@@H]2CC(=O)[C@H](C)/C=C(\C)[C@@H](O)[C@@H](OC)C(=O)[C@H](C)C[C@H](C)/C=C/C=C/C=C(\C)[C@@H](OC[C@H]3O[C@@H](O)[C@H](O)[C@@H](O)[C@@H]3O)C[C@@H]3CC[C@@H](C)[C@@](O)(O3)C(=O)C(=O)N3CCCC[C@H]3C(=O)O2)CC[C@H]1O. The second-order valence-corrected chi connectivity index (χ2v) is 22.2. The van der Waals surface area contributed by atoms with Crippen LogP contribution in [0.25, 0.3) is 0 Å². The van der Waals surface area contributed by atoms with E-state index in [9.17, 15) is 59.7 Å². The van der Waals surface area contributed by atoms with Gasteiger partial charge >= 0.3 is 5.97 Å². The summed E-state index contributed by atoms with van der Waals surface area (Å²) in [5.74, 6) is -9.01. The molecule has 4 fully saturated rings. The number of hydrogen-bond acceptors (Lipinski definition) is 18. The van der Waals surface area contributed by atoms with Crippen molar-refractivity contribution in [1.29, 1.82) is 0 Å². The number of piperidine rings is 1. The van der Waals surface area contributed by atoms with Crippen LogP contribution in [0.15, 0.2) is 47.6 Å². The first kappa shape index (κ1) is 62.3. The van der Waals surface area contributed by atoms with Crippen LogP contribution in [0.2, 0.25) is 0 Å². The van der Waals surface area contributed by atoms with Gasteiger partial charge in [0.05, 0.1) is 31.0 Å². The summed E-state index contributed by atoms with van der Waals surface area (Å²) in [5, 5.41) is 75.5. The molecule has 20 atom stereocenters. The number of ether oxygens (including phenoxy) is 6. The Morgan fingerprint density at radius 1 is 0.813 bits per heavy atom. The minimum Gasteiger partial charge on any atom is -0.460 e. The van der Waals surface area contributed by atoms with Crippen LogP contribution in [-0.4, -0.2) is 183 Å². The number of amides is 1. The third-order valence-electron chi connectivity index (χ3n) is 16.3. The van der Waals surface area contributed by atoms with E-state index < -0.39 is 120 Å². The number of esters is 1. The maximum atomic E-state index is 14.5. The molecular formula is C56H87NO18. The fraction of sp³-hybridized carbons (Fsp3) is 0.768. The minimum absolute atomic E-state index is 0.00437. The molecule has 0 aromatic heterocycles. The molecule has 3 saturated heterocycles. The number of aliphatic hydroxyl groups excluding tert-OH is 6. The molecule has 0 aromatic carbocycles. The number of nitrogens with zero attached hydrogens (tertiary/aromatic N) is 1. The molecule has 1 saturated carbocycles. The molecule has 4 aliphatic heterocycles. The van der Waals surface area contributed by atoms with E-state index in [0.717, 1.165) is 4.90 Å². The smallest absolute Gasteiger partial charge is 0.329 e. The van der Waals surface area contributed by atoms with E-state index >= 15 is 0 Å². The molecular weight excluding hydrogens is 975 g/mol. The summed E-state index contributed by atoms with van der Waals surface area (Å²) in [4.78, 5) is 72.6. The Bertz CT molecular complexity index is 2060. The highest BCUT2D eigenvalue weighted by Gasteiger charge is 2.53. The number of Topliss-reactive ketones (excluding diaryl/α,β-unsaturated/α-hetero) is 3. The molecule has 0 aromatic rings. The van der Waals surface area contributed by atoms with Crippen molar-refractivity contribution >= 4 is 29.2 Å². The van der Waals surface area contributed by atoms with Crippen molar-refractivity contribution in [3.05, 3.63) is 47.6 Å². The van der Waals surface area contributed by atoms with Crippen LogP contribution in [0.1, 0.15) is 126 Å². The normalized spacial score (nSPS) is 42.8. The van der Waals surface area contributed by atoms with Crippen molar-refractivity contribution in [2.75, 3.05) is 27.4 Å². The summed E-state index contributed by atoms with van der Waals surface area (Å²) < 4.78 is 35.3. The van der Waals surface area contributed by atoms with Crippen molar-refractivity contribution in [3.63, 3.8) is 0 Å². The zero-order valence-electron chi connectivity index (χ0n) is 45.4. The maximum Gasteiger partial charge on any atom is 0.329 e. The molecule has 424 valence electrons. The number of cyclic esters (lactones) is 1. The fourth-order valence-corrected chi connectivity index (χ4v) is 11.3. The molecule has 19 nitrogen and oxygen atoms in total. The molecule has 5 aliphatic rings. The first-order valence-corrected chi connectivity index (χ1v) is 27.1. The van der Waals surface area contributed by atoms with Gasteiger partial charge in [0.25, 0.3) is 11.7 Å².